The number of esters is 3. The normalized spacial score (nSPS) is 13.1. The maximum atomic E-state index is 12.9. The molecule has 81 heavy (non-hydrogen) atoms. The van der Waals surface area contributed by atoms with E-state index in [4.69, 9.17) is 14.2 Å². The molecular weight excluding hydrogens is 997 g/mol. The molecule has 0 saturated heterocycles. The van der Waals surface area contributed by atoms with Crippen LogP contribution in [-0.2, 0) is 28.6 Å². The van der Waals surface area contributed by atoms with E-state index in [1.54, 1.807) is 0 Å². The fraction of sp³-hybridized carbons (Fsp3) is 0.640. The molecule has 0 aromatic rings. The molecule has 6 nitrogen and oxygen atoms in total. The van der Waals surface area contributed by atoms with Gasteiger partial charge in [0.1, 0.15) is 13.2 Å². The van der Waals surface area contributed by atoms with Gasteiger partial charge in [-0.15, -0.1) is 0 Å². The number of allylic oxidation sites excluding steroid dienone is 24. The molecular formula is C75H122O6. The predicted octanol–water partition coefficient (Wildman–Crippen LogP) is 23.1. The van der Waals surface area contributed by atoms with Crippen LogP contribution in [0, 0.1) is 0 Å². The van der Waals surface area contributed by atoms with Crippen molar-refractivity contribution < 1.29 is 28.6 Å². The van der Waals surface area contributed by atoms with E-state index >= 15 is 0 Å². The van der Waals surface area contributed by atoms with Gasteiger partial charge in [0, 0.05) is 19.3 Å². The largest absolute Gasteiger partial charge is 0.462 e. The molecule has 0 aliphatic rings. The number of rotatable bonds is 59. The molecule has 0 bridgehead atoms. The standard InChI is InChI=1S/C75H122O6/c1-4-7-10-13-16-19-22-25-27-29-31-32-33-34-35-36-37-38-39-40-41-42-44-45-47-50-53-56-59-62-65-68-74(77)80-71-72(70-79-73(76)67-64-61-58-55-52-49-24-21-18-15-12-9-6-3)81-75(78)69-66-63-60-57-54-51-48-46-43-30-28-26-23-20-17-14-11-8-5-2/h7,10,12,15-17,19-21,24-28,31-32,34-35,37-38,40-41,44-45,72H,4-6,8-9,11,13-14,18,22-23,29-30,33,36,39,42-43,46-71H2,1-3H3/b10-7-,15-12-,19-16-,20-17-,24-21-,27-25-,28-26-,32-31-,35-34-,38-37-,41-40-,45-44-. The van der Waals surface area contributed by atoms with Gasteiger partial charge >= 0.3 is 17.9 Å². The number of carbonyl (C=O) groups excluding carboxylic acids is 3. The average Bonchev–Trinajstić information content (AvgIpc) is 3.46. The van der Waals surface area contributed by atoms with Gasteiger partial charge in [-0.2, -0.15) is 0 Å². The van der Waals surface area contributed by atoms with E-state index < -0.39 is 6.10 Å². The van der Waals surface area contributed by atoms with Crippen LogP contribution in [-0.4, -0.2) is 37.2 Å². The van der Waals surface area contributed by atoms with Crippen LogP contribution in [0.4, 0.5) is 0 Å². The van der Waals surface area contributed by atoms with Crippen molar-refractivity contribution in [1.29, 1.82) is 0 Å². The molecule has 458 valence electrons. The Hall–Kier alpha value is -4.71. The maximum Gasteiger partial charge on any atom is 0.306 e. The van der Waals surface area contributed by atoms with Crippen LogP contribution >= 0.6 is 0 Å². The van der Waals surface area contributed by atoms with Gasteiger partial charge in [-0.05, 0) is 141 Å². The predicted molar refractivity (Wildman–Crippen MR) is 352 cm³/mol. The van der Waals surface area contributed by atoms with Crippen molar-refractivity contribution in [2.45, 2.75) is 297 Å². The van der Waals surface area contributed by atoms with Crippen LogP contribution < -0.4 is 0 Å². The Morgan fingerprint density at radius 2 is 0.506 bits per heavy atom. The first-order valence-electron chi connectivity index (χ1n) is 33.3. The van der Waals surface area contributed by atoms with Gasteiger partial charge in [-0.25, -0.2) is 0 Å². The number of carbonyl (C=O) groups is 3. The minimum absolute atomic E-state index is 0.0956. The summed E-state index contributed by atoms with van der Waals surface area (Å²) in [5.41, 5.74) is 0. The second kappa shape index (κ2) is 67.8. The van der Waals surface area contributed by atoms with Crippen molar-refractivity contribution in [3.05, 3.63) is 146 Å². The van der Waals surface area contributed by atoms with E-state index in [0.29, 0.717) is 19.3 Å². The number of hydrogen-bond acceptors (Lipinski definition) is 6. The zero-order valence-corrected chi connectivity index (χ0v) is 52.5. The fourth-order valence-electron chi connectivity index (χ4n) is 8.82. The Labute approximate surface area is 499 Å². The lowest BCUT2D eigenvalue weighted by molar-refractivity contribution is -0.167. The molecule has 0 heterocycles. The zero-order valence-electron chi connectivity index (χ0n) is 52.5. The van der Waals surface area contributed by atoms with Gasteiger partial charge in [0.25, 0.3) is 0 Å². The third-order valence-electron chi connectivity index (χ3n) is 13.8. The van der Waals surface area contributed by atoms with Gasteiger partial charge in [0.2, 0.25) is 0 Å². The Morgan fingerprint density at radius 1 is 0.259 bits per heavy atom. The Balaban J connectivity index is 4.36. The summed E-state index contributed by atoms with van der Waals surface area (Å²) in [4.78, 5) is 38.3. The van der Waals surface area contributed by atoms with Crippen LogP contribution in [0.25, 0.3) is 0 Å². The van der Waals surface area contributed by atoms with Crippen LogP contribution in [0.2, 0.25) is 0 Å². The molecule has 1 atom stereocenters. The number of ether oxygens (including phenoxy) is 3. The highest BCUT2D eigenvalue weighted by Gasteiger charge is 2.19. The minimum Gasteiger partial charge on any atom is -0.462 e. The first-order chi connectivity index (χ1) is 40.0. The molecule has 0 aromatic carbocycles. The molecule has 0 aromatic heterocycles. The van der Waals surface area contributed by atoms with Gasteiger partial charge in [0.05, 0.1) is 0 Å². The summed E-state index contributed by atoms with van der Waals surface area (Å²) in [7, 11) is 0. The summed E-state index contributed by atoms with van der Waals surface area (Å²) in [5.74, 6) is -0.926. The second-order valence-electron chi connectivity index (χ2n) is 21.6. The van der Waals surface area contributed by atoms with Crippen molar-refractivity contribution in [2.75, 3.05) is 13.2 Å². The van der Waals surface area contributed by atoms with E-state index in [2.05, 4.69) is 167 Å². The topological polar surface area (TPSA) is 78.9 Å². The highest BCUT2D eigenvalue weighted by molar-refractivity contribution is 5.71. The van der Waals surface area contributed by atoms with Crippen LogP contribution in [0.3, 0.4) is 0 Å². The molecule has 0 N–H and O–H groups in total. The summed E-state index contributed by atoms with van der Waals surface area (Å²) >= 11 is 0. The van der Waals surface area contributed by atoms with Crippen molar-refractivity contribution in [1.82, 2.24) is 0 Å². The third-order valence-corrected chi connectivity index (χ3v) is 13.8. The summed E-state index contributed by atoms with van der Waals surface area (Å²) < 4.78 is 16.9. The molecule has 0 aliphatic heterocycles. The van der Waals surface area contributed by atoms with Crippen molar-refractivity contribution in [3.8, 4) is 0 Å². The SMILES string of the molecule is CC/C=C\C/C=C\C/C=C\C/C=C\C/C=C\C/C=C\C/C=C\C/C=C\CCCCCCCCC(=O)OCC(COC(=O)CCCCCCC/C=C\C/C=C\CCC)OC(=O)CCCCCCCCCCC/C=C\C/C=C\CCCCC. The monoisotopic (exact) mass is 1120 g/mol. The molecule has 1 unspecified atom stereocenters. The van der Waals surface area contributed by atoms with E-state index in [9.17, 15) is 14.4 Å². The minimum atomic E-state index is -0.799. The van der Waals surface area contributed by atoms with E-state index in [0.717, 1.165) is 161 Å². The van der Waals surface area contributed by atoms with E-state index in [1.165, 1.54) is 89.9 Å². The Morgan fingerprint density at radius 3 is 0.802 bits per heavy atom. The smallest absolute Gasteiger partial charge is 0.306 e. The van der Waals surface area contributed by atoms with Gasteiger partial charge < -0.3 is 14.2 Å². The first-order valence-corrected chi connectivity index (χ1v) is 33.3. The molecule has 6 heteroatoms. The van der Waals surface area contributed by atoms with Gasteiger partial charge in [0.15, 0.2) is 6.10 Å². The number of unbranched alkanes of at least 4 members (excludes halogenated alkanes) is 24. The lowest BCUT2D eigenvalue weighted by Crippen LogP contribution is -2.30. The van der Waals surface area contributed by atoms with Crippen LogP contribution in [0.15, 0.2) is 146 Å². The molecule has 0 fully saturated rings. The van der Waals surface area contributed by atoms with Crippen LogP contribution in [0.1, 0.15) is 290 Å². The first kappa shape index (κ1) is 76.3. The van der Waals surface area contributed by atoms with E-state index in [1.807, 2.05) is 0 Å². The fourth-order valence-corrected chi connectivity index (χ4v) is 8.82. The Bertz CT molecular complexity index is 1760. The summed E-state index contributed by atoms with van der Waals surface area (Å²) in [6.45, 7) is 6.42. The molecule has 0 saturated carbocycles. The number of hydrogen-bond donors (Lipinski definition) is 0. The lowest BCUT2D eigenvalue weighted by Gasteiger charge is -2.18. The van der Waals surface area contributed by atoms with E-state index in [-0.39, 0.29) is 31.1 Å². The zero-order chi connectivity index (χ0) is 58.5. The lowest BCUT2D eigenvalue weighted by atomic mass is 10.1. The van der Waals surface area contributed by atoms with Crippen LogP contribution in [0.5, 0.6) is 0 Å². The van der Waals surface area contributed by atoms with Crippen molar-refractivity contribution in [3.63, 3.8) is 0 Å². The molecule has 0 radical (unpaired) electrons. The van der Waals surface area contributed by atoms with Gasteiger partial charge in [-0.3, -0.25) is 14.4 Å². The Kier molecular flexibility index (Phi) is 63.9. The highest BCUT2D eigenvalue weighted by atomic mass is 16.6. The quantitative estimate of drug-likeness (QED) is 0.0261. The van der Waals surface area contributed by atoms with Gasteiger partial charge in [-0.1, -0.05) is 276 Å². The summed E-state index contributed by atoms with van der Waals surface area (Å²) in [5, 5.41) is 0. The second-order valence-corrected chi connectivity index (χ2v) is 21.6. The van der Waals surface area contributed by atoms with Crippen molar-refractivity contribution >= 4 is 17.9 Å². The average molecular weight is 1120 g/mol. The maximum absolute atomic E-state index is 12.9. The van der Waals surface area contributed by atoms with Crippen molar-refractivity contribution in [2.24, 2.45) is 0 Å². The summed E-state index contributed by atoms with van der Waals surface area (Å²) in [6.07, 6.45) is 97.1. The summed E-state index contributed by atoms with van der Waals surface area (Å²) in [6, 6.07) is 0. The highest BCUT2D eigenvalue weighted by Crippen LogP contribution is 2.15. The molecule has 0 aliphatic carbocycles. The molecule has 0 rings (SSSR count). The molecule has 0 spiro atoms. The molecule has 0 amide bonds. The third kappa shape index (κ3) is 66.0.